The Hall–Kier alpha value is -3.16. The molecule has 0 atom stereocenters. The fraction of sp³-hybridized carbons (Fsp3) is 0.308. The molecule has 1 aliphatic heterocycles. The lowest BCUT2D eigenvalue weighted by Crippen LogP contribution is -2.55. The second kappa shape index (κ2) is 8.65. The van der Waals surface area contributed by atoms with E-state index in [0.717, 1.165) is 10.4 Å². The summed E-state index contributed by atoms with van der Waals surface area (Å²) >= 11 is 1.42. The van der Waals surface area contributed by atoms with Gasteiger partial charge in [0.15, 0.2) is 0 Å². The first kappa shape index (κ1) is 23.0. The van der Waals surface area contributed by atoms with Gasteiger partial charge in [0.1, 0.15) is 16.5 Å². The third-order valence-corrected chi connectivity index (χ3v) is 7.01. The summed E-state index contributed by atoms with van der Waals surface area (Å²) in [4.78, 5) is 26.9. The van der Waals surface area contributed by atoms with Gasteiger partial charge in [0.25, 0.3) is 5.91 Å². The summed E-state index contributed by atoms with van der Waals surface area (Å²) in [5.74, 6) is 0.477. The van der Waals surface area contributed by atoms with E-state index in [-0.39, 0.29) is 17.0 Å². The third-order valence-electron chi connectivity index (χ3n) is 5.54. The summed E-state index contributed by atoms with van der Waals surface area (Å²) in [6.45, 7) is 8.38. The van der Waals surface area contributed by atoms with Gasteiger partial charge in [0.05, 0.1) is 12.7 Å². The Morgan fingerprint density at radius 2 is 1.70 bits per heavy atom. The second-order valence-corrected chi connectivity index (χ2v) is 10.3. The second-order valence-electron chi connectivity index (χ2n) is 9.31. The van der Waals surface area contributed by atoms with Gasteiger partial charge in [-0.05, 0) is 70.0 Å². The molecule has 0 saturated carbocycles. The van der Waals surface area contributed by atoms with Gasteiger partial charge in [-0.3, -0.25) is 4.79 Å². The van der Waals surface area contributed by atoms with Crippen LogP contribution in [0, 0.1) is 0 Å². The van der Waals surface area contributed by atoms with E-state index in [1.807, 2.05) is 30.3 Å². The van der Waals surface area contributed by atoms with Crippen LogP contribution in [0.25, 0.3) is 0 Å². The number of fused-ring (bicyclic) bond motifs is 1. The maximum absolute atomic E-state index is 13.2. The van der Waals surface area contributed by atoms with Crippen LogP contribution in [-0.4, -0.2) is 24.5 Å². The molecule has 0 aliphatic carbocycles. The number of benzene rings is 2. The highest BCUT2D eigenvalue weighted by molar-refractivity contribution is 7.17. The van der Waals surface area contributed by atoms with E-state index in [9.17, 15) is 9.59 Å². The van der Waals surface area contributed by atoms with Crippen LogP contribution in [0.15, 0.2) is 54.6 Å². The molecule has 0 saturated heterocycles. The maximum Gasteiger partial charge on any atom is 0.341 e. The van der Waals surface area contributed by atoms with Crippen molar-refractivity contribution in [1.29, 1.82) is 0 Å². The summed E-state index contributed by atoms with van der Waals surface area (Å²) in [7, 11) is 1.36. The maximum atomic E-state index is 13.2. The molecule has 3 aromatic rings. The van der Waals surface area contributed by atoms with E-state index < -0.39 is 5.97 Å². The molecule has 4 rings (SSSR count). The largest absolute Gasteiger partial charge is 0.465 e. The highest BCUT2D eigenvalue weighted by Crippen LogP contribution is 2.45. The van der Waals surface area contributed by atoms with Crippen LogP contribution in [0.4, 0.5) is 5.00 Å². The van der Waals surface area contributed by atoms with Gasteiger partial charge in [-0.25, -0.2) is 4.79 Å². The highest BCUT2D eigenvalue weighted by Gasteiger charge is 2.42. The molecule has 2 aromatic carbocycles. The predicted molar refractivity (Wildman–Crippen MR) is 131 cm³/mol. The number of methoxy groups -OCH3 is 1. The van der Waals surface area contributed by atoms with E-state index in [2.05, 4.69) is 38.3 Å². The lowest BCUT2D eigenvalue weighted by molar-refractivity contribution is 0.0600. The average molecular weight is 465 g/mol. The van der Waals surface area contributed by atoms with E-state index in [1.54, 1.807) is 24.3 Å². The molecule has 172 valence electrons. The van der Waals surface area contributed by atoms with Crippen molar-refractivity contribution >= 4 is 28.2 Å². The normalized spacial score (nSPS) is 15.9. The number of para-hydroxylation sites is 1. The van der Waals surface area contributed by atoms with Crippen molar-refractivity contribution < 1.29 is 19.1 Å². The Balaban J connectivity index is 1.66. The number of anilines is 1. The van der Waals surface area contributed by atoms with Crippen molar-refractivity contribution in [2.24, 2.45) is 0 Å². The van der Waals surface area contributed by atoms with Crippen LogP contribution >= 0.6 is 11.3 Å². The minimum atomic E-state index is -0.447. The SMILES string of the molecule is COC(=O)c1c(NC(=O)c2cccc(Oc3ccccc3)c2)sc2c1CC(C)(C)NC2(C)C. The Morgan fingerprint density at radius 1 is 1.00 bits per heavy atom. The Labute approximate surface area is 197 Å². The van der Waals surface area contributed by atoms with Crippen LogP contribution in [0.2, 0.25) is 0 Å². The standard InChI is InChI=1S/C26H28N2O4S/c1-25(2)15-19-20(24(30)31-5)23(33-21(19)26(3,4)28-25)27-22(29)16-10-9-13-18(14-16)32-17-11-7-6-8-12-17/h6-14,28H,15H2,1-5H3,(H,27,29). The van der Waals surface area contributed by atoms with E-state index in [0.29, 0.717) is 34.0 Å². The molecule has 2 heterocycles. The number of rotatable bonds is 5. The van der Waals surface area contributed by atoms with Crippen LogP contribution in [0.5, 0.6) is 11.5 Å². The van der Waals surface area contributed by atoms with Crippen LogP contribution in [0.1, 0.15) is 58.9 Å². The molecule has 2 N–H and O–H groups in total. The number of amides is 1. The molecule has 6 nitrogen and oxygen atoms in total. The monoisotopic (exact) mass is 464 g/mol. The first-order valence-corrected chi connectivity index (χ1v) is 11.6. The Kier molecular flexibility index (Phi) is 6.03. The number of hydrogen-bond donors (Lipinski definition) is 2. The summed E-state index contributed by atoms with van der Waals surface area (Å²) in [5, 5.41) is 7.08. The fourth-order valence-corrected chi connectivity index (χ4v) is 5.69. The molecule has 0 spiro atoms. The van der Waals surface area contributed by atoms with E-state index in [1.165, 1.54) is 18.4 Å². The minimum absolute atomic E-state index is 0.204. The molecular weight excluding hydrogens is 436 g/mol. The fourth-order valence-electron chi connectivity index (χ4n) is 4.43. The number of thiophene rings is 1. The minimum Gasteiger partial charge on any atom is -0.465 e. The highest BCUT2D eigenvalue weighted by atomic mass is 32.1. The van der Waals surface area contributed by atoms with Crippen molar-refractivity contribution in [3.8, 4) is 11.5 Å². The van der Waals surface area contributed by atoms with Crippen LogP contribution in [0.3, 0.4) is 0 Å². The zero-order valence-electron chi connectivity index (χ0n) is 19.4. The molecular formula is C26H28N2O4S. The number of nitrogens with one attached hydrogen (secondary N) is 2. The number of carbonyl (C=O) groups is 2. The van der Waals surface area contributed by atoms with Gasteiger partial charge >= 0.3 is 5.97 Å². The number of esters is 1. The van der Waals surface area contributed by atoms with Crippen LogP contribution < -0.4 is 15.4 Å². The van der Waals surface area contributed by atoms with Crippen molar-refractivity contribution in [2.75, 3.05) is 12.4 Å². The van der Waals surface area contributed by atoms with E-state index in [4.69, 9.17) is 9.47 Å². The van der Waals surface area contributed by atoms with Gasteiger partial charge in [-0.2, -0.15) is 0 Å². The third kappa shape index (κ3) is 4.79. The van der Waals surface area contributed by atoms with Gasteiger partial charge in [0, 0.05) is 21.5 Å². The average Bonchev–Trinajstić information content (AvgIpc) is 3.11. The lowest BCUT2D eigenvalue weighted by atomic mass is 9.81. The van der Waals surface area contributed by atoms with Crippen LogP contribution in [-0.2, 0) is 16.7 Å². The smallest absolute Gasteiger partial charge is 0.341 e. The van der Waals surface area contributed by atoms with Gasteiger partial charge < -0.3 is 20.1 Å². The van der Waals surface area contributed by atoms with Crippen molar-refractivity contribution in [3.63, 3.8) is 0 Å². The van der Waals surface area contributed by atoms with Crippen molar-refractivity contribution in [3.05, 3.63) is 76.2 Å². The molecule has 1 amide bonds. The molecule has 0 bridgehead atoms. The number of ether oxygens (including phenoxy) is 2. The topological polar surface area (TPSA) is 76.7 Å². The summed E-state index contributed by atoms with van der Waals surface area (Å²) in [5.41, 5.74) is 1.24. The molecule has 7 heteroatoms. The zero-order valence-corrected chi connectivity index (χ0v) is 20.3. The lowest BCUT2D eigenvalue weighted by Gasteiger charge is -2.42. The van der Waals surface area contributed by atoms with Crippen molar-refractivity contribution in [1.82, 2.24) is 5.32 Å². The Morgan fingerprint density at radius 3 is 2.39 bits per heavy atom. The summed E-state index contributed by atoms with van der Waals surface area (Å²) in [6.07, 6.45) is 0.656. The summed E-state index contributed by atoms with van der Waals surface area (Å²) < 4.78 is 10.9. The summed E-state index contributed by atoms with van der Waals surface area (Å²) in [6, 6.07) is 16.3. The van der Waals surface area contributed by atoms with Gasteiger partial charge in [-0.1, -0.05) is 24.3 Å². The molecule has 0 fully saturated rings. The zero-order chi connectivity index (χ0) is 23.8. The Bertz CT molecular complexity index is 1200. The quantitative estimate of drug-likeness (QED) is 0.471. The molecule has 0 radical (unpaired) electrons. The first-order valence-electron chi connectivity index (χ1n) is 10.8. The molecule has 1 aliphatic rings. The molecule has 0 unspecified atom stereocenters. The van der Waals surface area contributed by atoms with E-state index >= 15 is 0 Å². The molecule has 1 aromatic heterocycles. The number of carbonyl (C=O) groups excluding carboxylic acids is 2. The van der Waals surface area contributed by atoms with Gasteiger partial charge in [0.2, 0.25) is 0 Å². The number of hydrogen-bond acceptors (Lipinski definition) is 6. The van der Waals surface area contributed by atoms with Gasteiger partial charge in [-0.15, -0.1) is 11.3 Å². The predicted octanol–water partition coefficient (Wildman–Crippen LogP) is 5.74. The molecule has 33 heavy (non-hydrogen) atoms. The first-order chi connectivity index (χ1) is 15.6. The van der Waals surface area contributed by atoms with Crippen molar-refractivity contribution in [2.45, 2.75) is 45.2 Å².